The Morgan fingerprint density at radius 1 is 1.20 bits per heavy atom. The highest BCUT2D eigenvalue weighted by molar-refractivity contribution is 6.31. The Kier molecular flexibility index (Phi) is 3.47. The summed E-state index contributed by atoms with van der Waals surface area (Å²) in [5.41, 5.74) is 8.29. The normalized spacial score (nSPS) is 12.8. The summed E-state index contributed by atoms with van der Waals surface area (Å²) in [4.78, 5) is 0. The minimum Gasteiger partial charge on any atom is -0.319 e. The molecule has 102 valence electrons. The van der Waals surface area contributed by atoms with Gasteiger partial charge in [0, 0.05) is 6.54 Å². The standard InChI is InChI=1S/C16H16ClN3/c1-2-20-16(14(17)10-19-20)15(18)13-8-7-11-5-3-4-6-12(11)9-13/h3-10,15H,2,18H2,1H3. The van der Waals surface area contributed by atoms with Crippen molar-refractivity contribution in [1.29, 1.82) is 0 Å². The van der Waals surface area contributed by atoms with Crippen molar-refractivity contribution in [2.75, 3.05) is 0 Å². The fraction of sp³-hybridized carbons (Fsp3) is 0.188. The van der Waals surface area contributed by atoms with Crippen LogP contribution in [0.25, 0.3) is 10.8 Å². The second-order valence-corrected chi connectivity index (χ2v) is 5.18. The molecule has 20 heavy (non-hydrogen) atoms. The minimum atomic E-state index is -0.269. The molecule has 0 aliphatic rings. The molecule has 2 aromatic carbocycles. The molecule has 3 nitrogen and oxygen atoms in total. The van der Waals surface area contributed by atoms with Gasteiger partial charge in [-0.15, -0.1) is 0 Å². The molecule has 2 N–H and O–H groups in total. The number of aromatic nitrogens is 2. The third-order valence-electron chi connectivity index (χ3n) is 3.56. The Hall–Kier alpha value is -1.84. The van der Waals surface area contributed by atoms with E-state index in [-0.39, 0.29) is 6.04 Å². The van der Waals surface area contributed by atoms with Crippen LogP contribution in [0.5, 0.6) is 0 Å². The summed E-state index contributed by atoms with van der Waals surface area (Å²) in [6, 6.07) is 14.2. The summed E-state index contributed by atoms with van der Waals surface area (Å²) in [6.07, 6.45) is 1.65. The summed E-state index contributed by atoms with van der Waals surface area (Å²) >= 11 is 6.22. The van der Waals surface area contributed by atoms with E-state index in [1.54, 1.807) is 6.20 Å². The molecule has 1 heterocycles. The lowest BCUT2D eigenvalue weighted by molar-refractivity contribution is 0.601. The van der Waals surface area contributed by atoms with Gasteiger partial charge in [0.1, 0.15) is 0 Å². The second kappa shape index (κ2) is 5.27. The molecule has 1 unspecified atom stereocenters. The number of hydrogen-bond donors (Lipinski definition) is 1. The zero-order valence-electron chi connectivity index (χ0n) is 11.3. The SMILES string of the molecule is CCn1ncc(Cl)c1C(N)c1ccc2ccccc2c1. The maximum Gasteiger partial charge on any atom is 0.0837 e. The van der Waals surface area contributed by atoms with E-state index in [0.717, 1.165) is 17.8 Å². The monoisotopic (exact) mass is 285 g/mol. The van der Waals surface area contributed by atoms with E-state index < -0.39 is 0 Å². The second-order valence-electron chi connectivity index (χ2n) is 4.78. The zero-order valence-corrected chi connectivity index (χ0v) is 12.0. The van der Waals surface area contributed by atoms with E-state index in [4.69, 9.17) is 17.3 Å². The smallest absolute Gasteiger partial charge is 0.0837 e. The lowest BCUT2D eigenvalue weighted by Crippen LogP contribution is -2.17. The molecule has 0 saturated carbocycles. The van der Waals surface area contributed by atoms with Gasteiger partial charge in [-0.1, -0.05) is 48.0 Å². The lowest BCUT2D eigenvalue weighted by Gasteiger charge is -2.15. The van der Waals surface area contributed by atoms with Crippen LogP contribution in [0.3, 0.4) is 0 Å². The third-order valence-corrected chi connectivity index (χ3v) is 3.85. The van der Waals surface area contributed by atoms with Crippen molar-refractivity contribution in [3.63, 3.8) is 0 Å². The van der Waals surface area contributed by atoms with Gasteiger partial charge in [-0.05, 0) is 29.3 Å². The molecular formula is C16H16ClN3. The van der Waals surface area contributed by atoms with Gasteiger partial charge in [-0.2, -0.15) is 5.10 Å². The van der Waals surface area contributed by atoms with Crippen LogP contribution in [0.2, 0.25) is 5.02 Å². The first-order valence-electron chi connectivity index (χ1n) is 6.66. The number of nitrogens with two attached hydrogens (primary N) is 1. The first-order chi connectivity index (χ1) is 9.70. The Labute approximate surface area is 123 Å². The predicted octanol–water partition coefficient (Wildman–Crippen LogP) is 3.76. The third kappa shape index (κ3) is 2.19. The number of aryl methyl sites for hydroxylation is 1. The summed E-state index contributed by atoms with van der Waals surface area (Å²) in [5.74, 6) is 0. The Morgan fingerprint density at radius 2 is 1.95 bits per heavy atom. The highest BCUT2D eigenvalue weighted by Crippen LogP contribution is 2.28. The van der Waals surface area contributed by atoms with Crippen molar-refractivity contribution in [2.45, 2.75) is 19.5 Å². The average molecular weight is 286 g/mol. The van der Waals surface area contributed by atoms with Crippen molar-refractivity contribution in [3.8, 4) is 0 Å². The molecule has 3 aromatic rings. The van der Waals surface area contributed by atoms with Crippen LogP contribution in [-0.4, -0.2) is 9.78 Å². The van der Waals surface area contributed by atoms with Crippen molar-refractivity contribution < 1.29 is 0 Å². The fourth-order valence-corrected chi connectivity index (χ4v) is 2.75. The van der Waals surface area contributed by atoms with E-state index in [1.807, 2.05) is 23.7 Å². The first-order valence-corrected chi connectivity index (χ1v) is 7.04. The maximum absolute atomic E-state index is 6.38. The van der Waals surface area contributed by atoms with E-state index in [0.29, 0.717) is 5.02 Å². The molecule has 0 radical (unpaired) electrons. The van der Waals surface area contributed by atoms with Crippen LogP contribution in [0.15, 0.2) is 48.7 Å². The van der Waals surface area contributed by atoms with Crippen LogP contribution in [0.4, 0.5) is 0 Å². The molecular weight excluding hydrogens is 270 g/mol. The number of nitrogens with zero attached hydrogens (tertiary/aromatic N) is 2. The van der Waals surface area contributed by atoms with Gasteiger partial charge in [-0.3, -0.25) is 4.68 Å². The predicted molar refractivity (Wildman–Crippen MR) is 82.9 cm³/mol. The van der Waals surface area contributed by atoms with Gasteiger partial charge >= 0.3 is 0 Å². The molecule has 0 fully saturated rings. The quantitative estimate of drug-likeness (QED) is 0.796. The number of halogens is 1. The van der Waals surface area contributed by atoms with E-state index in [1.165, 1.54) is 10.8 Å². The first kappa shape index (κ1) is 13.2. The van der Waals surface area contributed by atoms with Crippen LogP contribution in [0, 0.1) is 0 Å². The number of benzene rings is 2. The van der Waals surface area contributed by atoms with Crippen LogP contribution < -0.4 is 5.73 Å². The summed E-state index contributed by atoms with van der Waals surface area (Å²) in [6.45, 7) is 2.78. The van der Waals surface area contributed by atoms with Gasteiger partial charge in [0.05, 0.1) is 23.0 Å². The highest BCUT2D eigenvalue weighted by Gasteiger charge is 2.18. The Morgan fingerprint density at radius 3 is 2.70 bits per heavy atom. The molecule has 1 aromatic heterocycles. The lowest BCUT2D eigenvalue weighted by atomic mass is 10.0. The summed E-state index contributed by atoms with van der Waals surface area (Å²) in [7, 11) is 0. The Bertz CT molecular complexity index is 748. The molecule has 0 aliphatic carbocycles. The molecule has 0 aliphatic heterocycles. The molecule has 3 rings (SSSR count). The number of hydrogen-bond acceptors (Lipinski definition) is 2. The Balaban J connectivity index is 2.07. The largest absolute Gasteiger partial charge is 0.319 e. The van der Waals surface area contributed by atoms with Crippen molar-refractivity contribution in [2.24, 2.45) is 5.73 Å². The van der Waals surface area contributed by atoms with Gasteiger partial charge in [0.15, 0.2) is 0 Å². The fourth-order valence-electron chi connectivity index (χ4n) is 2.49. The van der Waals surface area contributed by atoms with Crippen molar-refractivity contribution in [3.05, 3.63) is 64.9 Å². The van der Waals surface area contributed by atoms with Crippen LogP contribution in [-0.2, 0) is 6.54 Å². The zero-order chi connectivity index (χ0) is 14.1. The maximum atomic E-state index is 6.38. The minimum absolute atomic E-state index is 0.269. The molecule has 1 atom stereocenters. The van der Waals surface area contributed by atoms with Crippen molar-refractivity contribution in [1.82, 2.24) is 9.78 Å². The van der Waals surface area contributed by atoms with E-state index in [2.05, 4.69) is 35.4 Å². The van der Waals surface area contributed by atoms with Gasteiger partial charge in [0.25, 0.3) is 0 Å². The average Bonchev–Trinajstić information content (AvgIpc) is 2.87. The highest BCUT2D eigenvalue weighted by atomic mass is 35.5. The molecule has 4 heteroatoms. The molecule has 0 bridgehead atoms. The van der Waals surface area contributed by atoms with Crippen LogP contribution in [0.1, 0.15) is 24.2 Å². The van der Waals surface area contributed by atoms with E-state index >= 15 is 0 Å². The topological polar surface area (TPSA) is 43.8 Å². The van der Waals surface area contributed by atoms with Gasteiger partial charge in [0.2, 0.25) is 0 Å². The number of fused-ring (bicyclic) bond motifs is 1. The van der Waals surface area contributed by atoms with Gasteiger partial charge in [-0.25, -0.2) is 0 Å². The summed E-state index contributed by atoms with van der Waals surface area (Å²) < 4.78 is 1.85. The van der Waals surface area contributed by atoms with Gasteiger partial charge < -0.3 is 5.73 Å². The van der Waals surface area contributed by atoms with Crippen molar-refractivity contribution >= 4 is 22.4 Å². The molecule has 0 spiro atoms. The van der Waals surface area contributed by atoms with Crippen LogP contribution >= 0.6 is 11.6 Å². The molecule has 0 amide bonds. The summed E-state index contributed by atoms with van der Waals surface area (Å²) in [5, 5.41) is 7.25. The molecule has 0 saturated heterocycles. The number of rotatable bonds is 3. The van der Waals surface area contributed by atoms with E-state index in [9.17, 15) is 0 Å².